The number of benzene rings is 2. The summed E-state index contributed by atoms with van der Waals surface area (Å²) in [6, 6.07) is 13.3. The summed E-state index contributed by atoms with van der Waals surface area (Å²) in [7, 11) is 0. The number of rotatable bonds is 4. The highest BCUT2D eigenvalue weighted by Crippen LogP contribution is 2.26. The van der Waals surface area contributed by atoms with Gasteiger partial charge in [-0.2, -0.15) is 0 Å². The summed E-state index contributed by atoms with van der Waals surface area (Å²) in [4.78, 5) is 20.7. The van der Waals surface area contributed by atoms with Crippen LogP contribution in [0.3, 0.4) is 0 Å². The molecule has 2 heterocycles. The number of amides is 1. The molecule has 2 aromatic carbocycles. The quantitative estimate of drug-likeness (QED) is 0.757. The Labute approximate surface area is 151 Å². The first kappa shape index (κ1) is 16.2. The van der Waals surface area contributed by atoms with Crippen LogP contribution in [0.5, 0.6) is 11.8 Å². The summed E-state index contributed by atoms with van der Waals surface area (Å²) in [6.45, 7) is 3.59. The second-order valence-corrected chi connectivity index (χ2v) is 6.15. The SMILES string of the molecule is Cc1ccc(NC(=O)c2ccc3c(c2)CNC3)cc1Oc1ncccn1. The van der Waals surface area contributed by atoms with Crippen LogP contribution in [-0.4, -0.2) is 15.9 Å². The average molecular weight is 346 g/mol. The summed E-state index contributed by atoms with van der Waals surface area (Å²) < 4.78 is 5.72. The van der Waals surface area contributed by atoms with E-state index >= 15 is 0 Å². The molecule has 0 bridgehead atoms. The van der Waals surface area contributed by atoms with Crippen molar-refractivity contribution in [2.75, 3.05) is 5.32 Å². The summed E-state index contributed by atoms with van der Waals surface area (Å²) in [5, 5.41) is 6.20. The topological polar surface area (TPSA) is 76.1 Å². The van der Waals surface area contributed by atoms with E-state index in [1.54, 1.807) is 24.5 Å². The number of ether oxygens (including phenoxy) is 1. The molecule has 4 rings (SSSR count). The van der Waals surface area contributed by atoms with Crippen molar-refractivity contribution in [2.24, 2.45) is 0 Å². The van der Waals surface area contributed by atoms with E-state index in [1.165, 1.54) is 11.1 Å². The zero-order chi connectivity index (χ0) is 17.9. The number of nitrogens with zero attached hydrogens (tertiary/aromatic N) is 2. The molecule has 0 saturated carbocycles. The van der Waals surface area contributed by atoms with Gasteiger partial charge in [0.05, 0.1) is 0 Å². The van der Waals surface area contributed by atoms with E-state index in [0.717, 1.165) is 18.7 Å². The van der Waals surface area contributed by atoms with Crippen molar-refractivity contribution in [3.63, 3.8) is 0 Å². The molecule has 0 saturated heterocycles. The molecule has 1 amide bonds. The molecule has 130 valence electrons. The lowest BCUT2D eigenvalue weighted by atomic mass is 10.1. The van der Waals surface area contributed by atoms with E-state index < -0.39 is 0 Å². The van der Waals surface area contributed by atoms with E-state index in [2.05, 4.69) is 20.6 Å². The van der Waals surface area contributed by atoms with Crippen molar-refractivity contribution in [1.82, 2.24) is 15.3 Å². The maximum Gasteiger partial charge on any atom is 0.321 e. The lowest BCUT2D eigenvalue weighted by Crippen LogP contribution is -2.12. The minimum Gasteiger partial charge on any atom is -0.424 e. The first-order valence-electron chi connectivity index (χ1n) is 8.38. The number of aryl methyl sites for hydroxylation is 1. The molecule has 26 heavy (non-hydrogen) atoms. The highest BCUT2D eigenvalue weighted by molar-refractivity contribution is 6.04. The van der Waals surface area contributed by atoms with Crippen molar-refractivity contribution in [3.8, 4) is 11.8 Å². The molecule has 1 aromatic heterocycles. The van der Waals surface area contributed by atoms with Gasteiger partial charge in [0, 0.05) is 42.8 Å². The number of anilines is 1. The monoisotopic (exact) mass is 346 g/mol. The van der Waals surface area contributed by atoms with Crippen LogP contribution in [0.25, 0.3) is 0 Å². The Bertz CT molecular complexity index is 957. The first-order valence-corrected chi connectivity index (χ1v) is 8.38. The van der Waals surface area contributed by atoms with Crippen LogP contribution in [0.15, 0.2) is 54.9 Å². The molecule has 1 aliphatic rings. The van der Waals surface area contributed by atoms with Crippen LogP contribution in [0.1, 0.15) is 27.0 Å². The van der Waals surface area contributed by atoms with Gasteiger partial charge in [0.1, 0.15) is 5.75 Å². The van der Waals surface area contributed by atoms with E-state index in [9.17, 15) is 4.79 Å². The lowest BCUT2D eigenvalue weighted by Gasteiger charge is -2.11. The Hall–Kier alpha value is -3.25. The second kappa shape index (κ2) is 6.93. The Morgan fingerprint density at radius 2 is 1.88 bits per heavy atom. The molecule has 6 nitrogen and oxygen atoms in total. The maximum atomic E-state index is 12.6. The van der Waals surface area contributed by atoms with Crippen LogP contribution in [-0.2, 0) is 13.1 Å². The third kappa shape index (κ3) is 3.41. The number of carbonyl (C=O) groups excluding carboxylic acids is 1. The summed E-state index contributed by atoms with van der Waals surface area (Å²) in [5.74, 6) is 0.456. The molecule has 6 heteroatoms. The van der Waals surface area contributed by atoms with Crippen molar-refractivity contribution in [3.05, 3.63) is 77.1 Å². The Balaban J connectivity index is 1.53. The predicted octanol–water partition coefficient (Wildman–Crippen LogP) is 3.43. The maximum absolute atomic E-state index is 12.6. The Morgan fingerprint density at radius 3 is 2.73 bits per heavy atom. The van der Waals surface area contributed by atoms with E-state index in [4.69, 9.17) is 4.74 Å². The Morgan fingerprint density at radius 1 is 1.08 bits per heavy atom. The third-order valence-corrected chi connectivity index (χ3v) is 4.29. The molecule has 0 aliphatic carbocycles. The van der Waals surface area contributed by atoms with Crippen LogP contribution in [0.2, 0.25) is 0 Å². The summed E-state index contributed by atoms with van der Waals surface area (Å²) in [6.07, 6.45) is 3.23. The second-order valence-electron chi connectivity index (χ2n) is 6.15. The zero-order valence-electron chi connectivity index (χ0n) is 14.3. The minimum atomic E-state index is -0.148. The van der Waals surface area contributed by atoms with Gasteiger partial charge in [-0.05, 0) is 47.9 Å². The number of hydrogen-bond donors (Lipinski definition) is 2. The molecular weight excluding hydrogens is 328 g/mol. The zero-order valence-corrected chi connectivity index (χ0v) is 14.3. The first-order chi connectivity index (χ1) is 12.7. The van der Waals surface area contributed by atoms with Crippen LogP contribution >= 0.6 is 0 Å². The fourth-order valence-electron chi connectivity index (χ4n) is 2.86. The van der Waals surface area contributed by atoms with Crippen LogP contribution < -0.4 is 15.4 Å². The van der Waals surface area contributed by atoms with Gasteiger partial charge in [-0.3, -0.25) is 4.79 Å². The normalized spacial score (nSPS) is 12.5. The third-order valence-electron chi connectivity index (χ3n) is 4.29. The summed E-state index contributed by atoms with van der Waals surface area (Å²) in [5.41, 5.74) is 4.65. The van der Waals surface area contributed by atoms with Gasteiger partial charge in [-0.25, -0.2) is 9.97 Å². The number of nitrogens with one attached hydrogen (secondary N) is 2. The van der Waals surface area contributed by atoms with E-state index in [1.807, 2.05) is 37.3 Å². The highest BCUT2D eigenvalue weighted by atomic mass is 16.5. The molecule has 0 atom stereocenters. The van der Waals surface area contributed by atoms with Gasteiger partial charge in [0.15, 0.2) is 0 Å². The van der Waals surface area contributed by atoms with E-state index in [0.29, 0.717) is 17.0 Å². The minimum absolute atomic E-state index is 0.148. The van der Waals surface area contributed by atoms with Crippen molar-refractivity contribution in [1.29, 1.82) is 0 Å². The predicted molar refractivity (Wildman–Crippen MR) is 98.2 cm³/mol. The number of fused-ring (bicyclic) bond motifs is 1. The Kier molecular flexibility index (Phi) is 4.33. The molecule has 0 radical (unpaired) electrons. The van der Waals surface area contributed by atoms with Crippen molar-refractivity contribution in [2.45, 2.75) is 20.0 Å². The van der Waals surface area contributed by atoms with Gasteiger partial charge in [-0.1, -0.05) is 12.1 Å². The highest BCUT2D eigenvalue weighted by Gasteiger charge is 2.14. The smallest absolute Gasteiger partial charge is 0.321 e. The van der Waals surface area contributed by atoms with Gasteiger partial charge >= 0.3 is 6.01 Å². The molecule has 1 aliphatic heterocycles. The van der Waals surface area contributed by atoms with Gasteiger partial charge in [0.25, 0.3) is 5.91 Å². The van der Waals surface area contributed by atoms with Gasteiger partial charge in [0.2, 0.25) is 0 Å². The average Bonchev–Trinajstić information content (AvgIpc) is 3.13. The molecular formula is C20H18N4O2. The fraction of sp³-hybridized carbons (Fsp3) is 0.150. The number of hydrogen-bond acceptors (Lipinski definition) is 5. The summed E-state index contributed by atoms with van der Waals surface area (Å²) >= 11 is 0. The van der Waals surface area contributed by atoms with Crippen LogP contribution in [0, 0.1) is 6.92 Å². The van der Waals surface area contributed by atoms with Gasteiger partial charge < -0.3 is 15.4 Å². The molecule has 3 aromatic rings. The molecule has 0 fully saturated rings. The fourth-order valence-corrected chi connectivity index (χ4v) is 2.86. The van der Waals surface area contributed by atoms with Crippen molar-refractivity contribution >= 4 is 11.6 Å². The lowest BCUT2D eigenvalue weighted by molar-refractivity contribution is 0.102. The molecule has 2 N–H and O–H groups in total. The van der Waals surface area contributed by atoms with Crippen molar-refractivity contribution < 1.29 is 9.53 Å². The van der Waals surface area contributed by atoms with Gasteiger partial charge in [-0.15, -0.1) is 0 Å². The van der Waals surface area contributed by atoms with E-state index in [-0.39, 0.29) is 11.9 Å². The molecule has 0 unspecified atom stereocenters. The molecule has 0 spiro atoms. The standard InChI is InChI=1S/C20H18N4O2/c1-13-3-6-17(10-18(13)26-20-22-7-2-8-23-20)24-19(25)14-4-5-15-11-21-12-16(15)9-14/h2-10,21H,11-12H2,1H3,(H,24,25). The number of carbonyl (C=O) groups is 1. The largest absolute Gasteiger partial charge is 0.424 e. The number of aromatic nitrogens is 2. The van der Waals surface area contributed by atoms with Crippen LogP contribution in [0.4, 0.5) is 5.69 Å².